The average molecular weight is 489 g/mol. The Morgan fingerprint density at radius 2 is 0.711 bits per heavy atom. The number of benzene rings is 5. The van der Waals surface area contributed by atoms with E-state index in [1.165, 1.54) is 50.3 Å². The predicted molar refractivity (Wildman–Crippen MR) is 159 cm³/mol. The summed E-state index contributed by atoms with van der Waals surface area (Å²) in [6, 6.07) is 56.5. The summed E-state index contributed by atoms with van der Waals surface area (Å²) < 4.78 is 2.56. The highest BCUT2D eigenvalue weighted by atomic mass is 15.0. The lowest BCUT2D eigenvalue weighted by Crippen LogP contribution is -2.41. The third-order valence-corrected chi connectivity index (χ3v) is 7.07. The molecule has 182 valence electrons. The fourth-order valence-electron chi connectivity index (χ4n) is 5.28. The molecule has 0 saturated carbocycles. The zero-order chi connectivity index (χ0) is 25.6. The highest BCUT2D eigenvalue weighted by Gasteiger charge is 2.29. The Balaban J connectivity index is 1.71. The molecule has 38 heavy (non-hydrogen) atoms. The Kier molecular flexibility index (Phi) is 6.91. The number of hydrogen-bond donors (Lipinski definition) is 0. The monoisotopic (exact) mass is 488 g/mol. The molecule has 6 aromatic rings. The maximum atomic E-state index is 2.56. The molecule has 1 nitrogen and oxygen atoms in total. The van der Waals surface area contributed by atoms with E-state index < -0.39 is 0 Å². The van der Waals surface area contributed by atoms with E-state index in [9.17, 15) is 0 Å². The van der Waals surface area contributed by atoms with E-state index in [1.54, 1.807) is 0 Å². The second kappa shape index (κ2) is 11.1. The molecule has 0 unspecified atom stereocenters. The van der Waals surface area contributed by atoms with Crippen molar-refractivity contribution >= 4 is 0 Å². The number of pyridine rings is 1. The van der Waals surface area contributed by atoms with Gasteiger partial charge in [0.1, 0.15) is 0 Å². The Labute approximate surface area is 225 Å². The number of hydrogen-bond acceptors (Lipinski definition) is 0. The van der Waals surface area contributed by atoms with Crippen LogP contribution in [0.1, 0.15) is 5.56 Å². The number of aromatic nitrogens is 1. The summed E-state index contributed by atoms with van der Waals surface area (Å²) in [5, 5.41) is 0. The molecular formula is C37H30N+. The van der Waals surface area contributed by atoms with E-state index in [0.717, 1.165) is 13.0 Å². The Bertz CT molecular complexity index is 1510. The van der Waals surface area contributed by atoms with Crippen LogP contribution in [-0.2, 0) is 13.0 Å². The summed E-state index contributed by atoms with van der Waals surface area (Å²) in [7, 11) is 0. The first kappa shape index (κ1) is 23.6. The Morgan fingerprint density at radius 3 is 1.11 bits per heavy atom. The van der Waals surface area contributed by atoms with Crippen molar-refractivity contribution in [3.63, 3.8) is 0 Å². The van der Waals surface area contributed by atoms with Gasteiger partial charge in [0.15, 0.2) is 6.54 Å². The van der Waals surface area contributed by atoms with Gasteiger partial charge in [0, 0.05) is 17.5 Å². The maximum Gasteiger partial charge on any atom is 0.220 e. The van der Waals surface area contributed by atoms with Gasteiger partial charge in [0.05, 0.1) is 11.1 Å². The summed E-state index contributed by atoms with van der Waals surface area (Å²) in [6.45, 7) is 0.860. The van der Waals surface area contributed by atoms with Gasteiger partial charge in [-0.3, -0.25) is 0 Å². The van der Waals surface area contributed by atoms with Crippen LogP contribution < -0.4 is 4.57 Å². The van der Waals surface area contributed by atoms with E-state index >= 15 is 0 Å². The fraction of sp³-hybridized carbons (Fsp3) is 0.0541. The lowest BCUT2D eigenvalue weighted by Gasteiger charge is -2.18. The number of aryl methyl sites for hydroxylation is 1. The third-order valence-electron chi connectivity index (χ3n) is 7.07. The maximum absolute atomic E-state index is 2.56. The predicted octanol–water partition coefficient (Wildman–Crippen LogP) is 8.88. The van der Waals surface area contributed by atoms with Crippen molar-refractivity contribution in [1.82, 2.24) is 0 Å². The quantitative estimate of drug-likeness (QED) is 0.198. The van der Waals surface area contributed by atoms with E-state index in [4.69, 9.17) is 0 Å². The smallest absolute Gasteiger partial charge is 0.190 e. The van der Waals surface area contributed by atoms with Crippen molar-refractivity contribution in [2.24, 2.45) is 0 Å². The van der Waals surface area contributed by atoms with Crippen LogP contribution in [0.25, 0.3) is 44.8 Å². The first-order valence-corrected chi connectivity index (χ1v) is 13.2. The molecule has 0 N–H and O–H groups in total. The molecule has 0 radical (unpaired) electrons. The largest absolute Gasteiger partial charge is 0.220 e. The highest BCUT2D eigenvalue weighted by Crippen LogP contribution is 2.38. The minimum atomic E-state index is 0.860. The van der Waals surface area contributed by atoms with Crippen LogP contribution in [0.15, 0.2) is 158 Å². The van der Waals surface area contributed by atoms with Crippen LogP contribution in [0.3, 0.4) is 0 Å². The number of nitrogens with zero attached hydrogens (tertiary/aromatic N) is 1. The van der Waals surface area contributed by atoms with Gasteiger partial charge in [0.25, 0.3) is 0 Å². The second-order valence-electron chi connectivity index (χ2n) is 9.52. The van der Waals surface area contributed by atoms with Crippen molar-refractivity contribution in [2.45, 2.75) is 13.0 Å². The van der Waals surface area contributed by atoms with Gasteiger partial charge in [-0.1, -0.05) is 127 Å². The van der Waals surface area contributed by atoms with Gasteiger partial charge in [-0.25, -0.2) is 0 Å². The van der Waals surface area contributed by atoms with Crippen LogP contribution in [0, 0.1) is 0 Å². The zero-order valence-corrected chi connectivity index (χ0v) is 21.4. The van der Waals surface area contributed by atoms with Gasteiger partial charge >= 0.3 is 0 Å². The lowest BCUT2D eigenvalue weighted by atomic mass is 9.91. The highest BCUT2D eigenvalue weighted by molar-refractivity contribution is 5.88. The van der Waals surface area contributed by atoms with E-state index in [2.05, 4.69) is 162 Å². The molecule has 0 saturated heterocycles. The normalized spacial score (nSPS) is 10.8. The van der Waals surface area contributed by atoms with E-state index in [1.807, 2.05) is 0 Å². The molecule has 0 aliphatic rings. The van der Waals surface area contributed by atoms with Crippen molar-refractivity contribution in [3.05, 3.63) is 163 Å². The third kappa shape index (κ3) is 4.92. The average Bonchev–Trinajstić information content (AvgIpc) is 3.01. The molecular weight excluding hydrogens is 458 g/mol. The molecule has 0 bridgehead atoms. The molecule has 1 heterocycles. The summed E-state index contributed by atoms with van der Waals surface area (Å²) in [5.74, 6) is 0. The molecule has 0 spiro atoms. The van der Waals surface area contributed by atoms with Crippen LogP contribution >= 0.6 is 0 Å². The SMILES string of the molecule is c1ccc(CC[n+]2c(-c3ccccc3)c(-c3ccccc3)cc(-c3ccccc3)c2-c2ccccc2)cc1. The fourth-order valence-corrected chi connectivity index (χ4v) is 5.28. The molecule has 0 amide bonds. The lowest BCUT2D eigenvalue weighted by molar-refractivity contribution is -0.674. The summed E-state index contributed by atoms with van der Waals surface area (Å²) in [4.78, 5) is 0. The van der Waals surface area contributed by atoms with E-state index in [0.29, 0.717) is 0 Å². The first-order chi connectivity index (χ1) is 18.9. The molecule has 1 aromatic heterocycles. The van der Waals surface area contributed by atoms with Crippen LogP contribution in [0.2, 0.25) is 0 Å². The first-order valence-electron chi connectivity index (χ1n) is 13.2. The van der Waals surface area contributed by atoms with E-state index in [-0.39, 0.29) is 0 Å². The molecule has 0 atom stereocenters. The second-order valence-corrected chi connectivity index (χ2v) is 9.52. The van der Waals surface area contributed by atoms with Gasteiger partial charge in [-0.05, 0) is 47.0 Å². The van der Waals surface area contributed by atoms with Crippen molar-refractivity contribution in [2.75, 3.05) is 0 Å². The van der Waals surface area contributed by atoms with Crippen molar-refractivity contribution < 1.29 is 4.57 Å². The topological polar surface area (TPSA) is 3.88 Å². The minimum absolute atomic E-state index is 0.860. The Morgan fingerprint density at radius 1 is 0.368 bits per heavy atom. The van der Waals surface area contributed by atoms with Crippen molar-refractivity contribution in [3.8, 4) is 44.8 Å². The molecule has 0 aliphatic heterocycles. The van der Waals surface area contributed by atoms with Gasteiger partial charge in [-0.15, -0.1) is 0 Å². The van der Waals surface area contributed by atoms with Crippen LogP contribution in [-0.4, -0.2) is 0 Å². The molecule has 0 fully saturated rings. The van der Waals surface area contributed by atoms with Crippen LogP contribution in [0.5, 0.6) is 0 Å². The summed E-state index contributed by atoms with van der Waals surface area (Å²) >= 11 is 0. The molecule has 1 heteroatoms. The zero-order valence-electron chi connectivity index (χ0n) is 21.4. The Hall–Kier alpha value is -4.75. The van der Waals surface area contributed by atoms with Gasteiger partial charge < -0.3 is 0 Å². The standard InChI is InChI=1S/C37H30N/c1-6-16-29(17-7-1)26-27-38-36(32-22-12-4-13-23-32)34(30-18-8-2-9-19-30)28-35(31-20-10-3-11-21-31)37(38)33-24-14-5-15-25-33/h1-25,28H,26-27H2/q+1. The summed E-state index contributed by atoms with van der Waals surface area (Å²) in [6.07, 6.45) is 0.942. The van der Waals surface area contributed by atoms with Crippen molar-refractivity contribution in [1.29, 1.82) is 0 Å². The van der Waals surface area contributed by atoms with Crippen LogP contribution in [0.4, 0.5) is 0 Å². The molecule has 6 rings (SSSR count). The number of rotatable bonds is 7. The minimum Gasteiger partial charge on any atom is -0.190 e. The van der Waals surface area contributed by atoms with Gasteiger partial charge in [0.2, 0.25) is 11.4 Å². The van der Waals surface area contributed by atoms with Gasteiger partial charge in [-0.2, -0.15) is 4.57 Å². The molecule has 0 aliphatic carbocycles. The molecule has 5 aromatic carbocycles. The summed E-state index contributed by atoms with van der Waals surface area (Å²) in [5.41, 5.74) is 11.2.